The number of nitrogens with zero attached hydrogens (tertiary/aromatic N) is 2. The summed E-state index contributed by atoms with van der Waals surface area (Å²) in [6, 6.07) is 7.88. The number of hydrogen-bond donors (Lipinski definition) is 3. The number of amides is 4. The minimum atomic E-state index is -1.29. The smallest absolute Gasteiger partial charge is 0.405 e. The fraction of sp³-hybridized carbons (Fsp3) is 0.630. The van der Waals surface area contributed by atoms with Gasteiger partial charge in [0, 0.05) is 26.6 Å². The van der Waals surface area contributed by atoms with Crippen molar-refractivity contribution in [2.24, 2.45) is 5.92 Å². The van der Waals surface area contributed by atoms with Crippen molar-refractivity contribution in [2.45, 2.75) is 76.8 Å². The lowest BCUT2D eigenvalue weighted by molar-refractivity contribution is -0.172. The molecule has 0 unspecified atom stereocenters. The molecule has 206 valence electrons. The lowest BCUT2D eigenvalue weighted by atomic mass is 9.84. The van der Waals surface area contributed by atoms with Crippen LogP contribution in [0.3, 0.4) is 0 Å². The van der Waals surface area contributed by atoms with E-state index in [1.54, 1.807) is 4.90 Å². The van der Waals surface area contributed by atoms with Gasteiger partial charge in [0.05, 0.1) is 7.11 Å². The average molecular weight is 519 g/mol. The Hall–Kier alpha value is -3.14. The van der Waals surface area contributed by atoms with Gasteiger partial charge in [-0.3, -0.25) is 19.2 Å². The molecule has 10 nitrogen and oxygen atoms in total. The summed E-state index contributed by atoms with van der Waals surface area (Å²) in [6.45, 7) is 2.98. The van der Waals surface area contributed by atoms with E-state index in [0.29, 0.717) is 19.5 Å². The van der Waals surface area contributed by atoms with Crippen LogP contribution in [0.5, 0.6) is 0 Å². The van der Waals surface area contributed by atoms with Crippen LogP contribution in [0.25, 0.3) is 0 Å². The highest BCUT2D eigenvalue weighted by Gasteiger charge is 2.31. The summed E-state index contributed by atoms with van der Waals surface area (Å²) in [5.41, 5.74) is 1.13. The van der Waals surface area contributed by atoms with Crippen LogP contribution in [0.1, 0.15) is 63.9 Å². The molecule has 1 saturated carbocycles. The van der Waals surface area contributed by atoms with Gasteiger partial charge in [-0.15, -0.1) is 0 Å². The lowest BCUT2D eigenvalue weighted by Gasteiger charge is -2.28. The second-order valence-electron chi connectivity index (χ2n) is 9.57. The van der Waals surface area contributed by atoms with Crippen molar-refractivity contribution < 1.29 is 29.1 Å². The molecule has 2 rings (SSSR count). The number of hydroxylamine groups is 2. The second kappa shape index (κ2) is 15.9. The van der Waals surface area contributed by atoms with Gasteiger partial charge < -0.3 is 20.6 Å². The number of carbonyl (C=O) groups excluding carboxylic acids is 3. The molecular weight excluding hydrogens is 476 g/mol. The van der Waals surface area contributed by atoms with Crippen LogP contribution in [0.2, 0.25) is 0 Å². The quantitative estimate of drug-likeness (QED) is 0.325. The van der Waals surface area contributed by atoms with Gasteiger partial charge in [-0.25, -0.2) is 9.86 Å². The van der Waals surface area contributed by atoms with Crippen molar-refractivity contribution >= 4 is 23.8 Å². The number of carbonyl (C=O) groups is 4. The first-order chi connectivity index (χ1) is 17.7. The highest BCUT2D eigenvalue weighted by Crippen LogP contribution is 2.27. The summed E-state index contributed by atoms with van der Waals surface area (Å²) in [4.78, 5) is 57.1. The minimum absolute atomic E-state index is 0.0521. The molecule has 0 radical (unpaired) electrons. The van der Waals surface area contributed by atoms with Gasteiger partial charge in [0.15, 0.2) is 0 Å². The van der Waals surface area contributed by atoms with Gasteiger partial charge in [0.2, 0.25) is 11.8 Å². The lowest BCUT2D eigenvalue weighted by Crippen LogP contribution is -2.54. The van der Waals surface area contributed by atoms with E-state index >= 15 is 0 Å². The molecule has 0 bridgehead atoms. The highest BCUT2D eigenvalue weighted by molar-refractivity contribution is 5.91. The molecule has 1 fully saturated rings. The van der Waals surface area contributed by atoms with Crippen molar-refractivity contribution in [1.82, 2.24) is 20.6 Å². The number of hydrogen-bond acceptors (Lipinski definition) is 5. The summed E-state index contributed by atoms with van der Waals surface area (Å²) in [5.74, 6) is -0.952. The van der Waals surface area contributed by atoms with Crippen LogP contribution in [-0.4, -0.2) is 78.2 Å². The molecule has 1 aliphatic carbocycles. The third kappa shape index (κ3) is 10.4. The summed E-state index contributed by atoms with van der Waals surface area (Å²) < 4.78 is 0. The van der Waals surface area contributed by atoms with Crippen LogP contribution < -0.4 is 10.6 Å². The maximum Gasteiger partial charge on any atom is 0.405 e. The van der Waals surface area contributed by atoms with Gasteiger partial charge in [-0.1, -0.05) is 62.4 Å². The zero-order valence-corrected chi connectivity index (χ0v) is 22.3. The molecule has 37 heavy (non-hydrogen) atoms. The monoisotopic (exact) mass is 518 g/mol. The number of nitrogens with one attached hydrogen (secondary N) is 2. The molecule has 1 aromatic rings. The molecule has 3 N–H and O–H groups in total. The predicted octanol–water partition coefficient (Wildman–Crippen LogP) is 2.97. The van der Waals surface area contributed by atoms with E-state index in [2.05, 4.69) is 10.6 Å². The molecule has 10 heteroatoms. The van der Waals surface area contributed by atoms with Crippen LogP contribution in [0, 0.1) is 5.92 Å². The maximum absolute atomic E-state index is 13.1. The summed E-state index contributed by atoms with van der Waals surface area (Å²) >= 11 is 0. The zero-order valence-electron chi connectivity index (χ0n) is 22.3. The highest BCUT2D eigenvalue weighted by atomic mass is 16.7. The van der Waals surface area contributed by atoms with E-state index in [4.69, 9.17) is 4.84 Å². The Morgan fingerprint density at radius 2 is 1.73 bits per heavy atom. The molecule has 0 aromatic heterocycles. The molecule has 1 aromatic carbocycles. The van der Waals surface area contributed by atoms with Crippen LogP contribution in [0.15, 0.2) is 30.3 Å². The Balaban J connectivity index is 2.04. The molecule has 0 spiro atoms. The topological polar surface area (TPSA) is 128 Å². The molecular formula is C27H42N4O6. The summed E-state index contributed by atoms with van der Waals surface area (Å²) in [7, 11) is 2.76. The van der Waals surface area contributed by atoms with E-state index in [1.807, 2.05) is 37.3 Å². The molecule has 0 saturated heterocycles. The van der Waals surface area contributed by atoms with E-state index < -0.39 is 30.0 Å². The van der Waals surface area contributed by atoms with Crippen molar-refractivity contribution in [3.05, 3.63) is 35.9 Å². The van der Waals surface area contributed by atoms with Crippen LogP contribution >= 0.6 is 0 Å². The summed E-state index contributed by atoms with van der Waals surface area (Å²) in [5, 5.41) is 15.3. The third-order valence-corrected chi connectivity index (χ3v) is 7.00. The van der Waals surface area contributed by atoms with Crippen molar-refractivity contribution in [3.8, 4) is 0 Å². The first-order valence-electron chi connectivity index (χ1n) is 13.2. The number of benzene rings is 1. The van der Waals surface area contributed by atoms with E-state index in [1.165, 1.54) is 14.2 Å². The SMILES string of the molecule is CCN(CCc1ccccc1)C(=O)CC[C@H](NC(=O)[C@H](CC1CCCCC1)NC(=O)O)C(=O)N(C)OC. The van der Waals surface area contributed by atoms with Crippen LogP contribution in [0.4, 0.5) is 4.79 Å². The van der Waals surface area contributed by atoms with Gasteiger partial charge in [-0.2, -0.15) is 0 Å². The first kappa shape index (κ1) is 30.1. The Bertz CT molecular complexity index is 875. The molecule has 1 aliphatic rings. The van der Waals surface area contributed by atoms with E-state index in [0.717, 1.165) is 49.2 Å². The van der Waals surface area contributed by atoms with Crippen molar-refractivity contribution in [2.75, 3.05) is 27.2 Å². The van der Waals surface area contributed by atoms with E-state index in [-0.39, 0.29) is 24.7 Å². The van der Waals surface area contributed by atoms with Crippen molar-refractivity contribution in [1.29, 1.82) is 0 Å². The Morgan fingerprint density at radius 3 is 2.32 bits per heavy atom. The Morgan fingerprint density at radius 1 is 1.05 bits per heavy atom. The average Bonchev–Trinajstić information content (AvgIpc) is 2.90. The van der Waals surface area contributed by atoms with Gasteiger partial charge >= 0.3 is 6.09 Å². The number of likely N-dealkylation sites (N-methyl/N-ethyl adjacent to an activating group) is 2. The number of carboxylic acid groups (broad SMARTS) is 1. The van der Waals surface area contributed by atoms with Crippen LogP contribution in [-0.2, 0) is 25.6 Å². The standard InChI is InChI=1S/C27H42N4O6/c1-4-31(18-17-20-11-7-5-8-12-20)24(32)16-15-22(26(34)30(2)37-3)28-25(33)23(29-27(35)36)19-21-13-9-6-10-14-21/h5,7-8,11-12,21-23,29H,4,6,9-10,13-19H2,1-3H3,(H,28,33)(H,35,36)/t22-,23-/m0/s1. The normalized spacial score (nSPS) is 15.3. The van der Waals surface area contributed by atoms with Crippen molar-refractivity contribution in [3.63, 3.8) is 0 Å². The minimum Gasteiger partial charge on any atom is -0.465 e. The maximum atomic E-state index is 13.1. The second-order valence-corrected chi connectivity index (χ2v) is 9.57. The fourth-order valence-corrected chi connectivity index (χ4v) is 4.77. The Kier molecular flexibility index (Phi) is 12.9. The van der Waals surface area contributed by atoms with E-state index in [9.17, 15) is 24.3 Å². The van der Waals surface area contributed by atoms with Gasteiger partial charge in [0.1, 0.15) is 12.1 Å². The molecule has 0 aliphatic heterocycles. The molecule has 4 amide bonds. The fourth-order valence-electron chi connectivity index (χ4n) is 4.77. The predicted molar refractivity (Wildman–Crippen MR) is 139 cm³/mol. The third-order valence-electron chi connectivity index (χ3n) is 7.00. The largest absolute Gasteiger partial charge is 0.465 e. The summed E-state index contributed by atoms with van der Waals surface area (Å²) in [6.07, 6.45) is 5.09. The van der Waals surface area contributed by atoms with Gasteiger partial charge in [-0.05, 0) is 37.7 Å². The molecule has 2 atom stereocenters. The number of rotatable bonds is 14. The van der Waals surface area contributed by atoms with Gasteiger partial charge in [0.25, 0.3) is 5.91 Å². The first-order valence-corrected chi connectivity index (χ1v) is 13.2. The Labute approximate surface area is 219 Å². The molecule has 0 heterocycles. The zero-order chi connectivity index (χ0) is 27.2.